The highest BCUT2D eigenvalue weighted by Gasteiger charge is 2.52. The molecule has 6 rings (SSSR count). The molecule has 0 bridgehead atoms. The Morgan fingerprint density at radius 3 is 2.84 bits per heavy atom. The smallest absolute Gasteiger partial charge is 0.342 e. The van der Waals surface area contributed by atoms with E-state index in [0.717, 1.165) is 27.7 Å². The molecule has 10 heteroatoms. The third-order valence-electron chi connectivity index (χ3n) is 7.87. The van der Waals surface area contributed by atoms with Crippen molar-refractivity contribution < 1.29 is 39.1 Å². The molecule has 37 heavy (non-hydrogen) atoms. The number of nitrogens with zero attached hydrogens (tertiary/aromatic N) is 2. The Bertz CT molecular complexity index is 1350. The molecule has 1 aromatic heterocycles. The molecule has 0 fully saturated rings. The van der Waals surface area contributed by atoms with Gasteiger partial charge < -0.3 is 34.4 Å². The summed E-state index contributed by atoms with van der Waals surface area (Å²) in [6, 6.07) is 7.22. The Kier molecular flexibility index (Phi) is 5.89. The van der Waals surface area contributed by atoms with Crippen LogP contribution < -0.4 is 0 Å². The number of benzene rings is 1. The number of hydrogen-bond acceptors (Lipinski definition) is 9. The molecule has 5 heterocycles. The van der Waals surface area contributed by atoms with Crippen molar-refractivity contribution in [3.05, 3.63) is 64.4 Å². The van der Waals surface area contributed by atoms with Gasteiger partial charge in [-0.3, -0.25) is 9.78 Å². The van der Waals surface area contributed by atoms with Crippen LogP contribution in [0.25, 0.3) is 10.9 Å². The fourth-order valence-electron chi connectivity index (χ4n) is 5.77. The Hall–Kier alpha value is -3.15. The maximum absolute atomic E-state index is 13.6. The van der Waals surface area contributed by atoms with Gasteiger partial charge in [0.05, 0.1) is 36.0 Å². The van der Waals surface area contributed by atoms with Gasteiger partial charge in [-0.05, 0) is 36.1 Å². The minimum atomic E-state index is -1.82. The van der Waals surface area contributed by atoms with Crippen LogP contribution in [0.3, 0.4) is 0 Å². The third-order valence-corrected chi connectivity index (χ3v) is 7.87. The SMILES string of the molecule is CC[C@@]1(O)C(=O)OCC2=C1CC1c3nc4ccccc4c(CO[C@@H]4C=C[C@H](O)[C@@H](CO)O4)c3CN1C2=O. The van der Waals surface area contributed by atoms with Gasteiger partial charge in [0.15, 0.2) is 11.9 Å². The van der Waals surface area contributed by atoms with E-state index in [1.165, 1.54) is 6.08 Å². The molecule has 1 aromatic carbocycles. The number of ether oxygens (including phenoxy) is 3. The van der Waals surface area contributed by atoms with Gasteiger partial charge in [0.25, 0.3) is 5.91 Å². The second-order valence-electron chi connectivity index (χ2n) is 9.78. The van der Waals surface area contributed by atoms with Gasteiger partial charge in [0.1, 0.15) is 18.8 Å². The average Bonchev–Trinajstić information content (AvgIpc) is 3.28. The molecule has 4 aliphatic heterocycles. The van der Waals surface area contributed by atoms with Crippen LogP contribution in [0.2, 0.25) is 0 Å². The standard InChI is InChI=1S/C27H28N2O8/c1-2-27(34)18-9-20-24-15(10-29(20)25(32)17(18)13-36-26(27)33)16(14-5-3-4-6-19(14)28-24)12-35-23-8-7-21(31)22(11-30)37-23/h3-8,20-23,30-31,34H,2,9-13H2,1H3/t20?,21-,22+,23-,27-/m0/s1. The number of aromatic nitrogens is 1. The average molecular weight is 509 g/mol. The molecule has 0 saturated carbocycles. The van der Waals surface area contributed by atoms with Crippen LogP contribution in [-0.4, -0.2) is 74.4 Å². The summed E-state index contributed by atoms with van der Waals surface area (Å²) in [4.78, 5) is 32.7. The molecule has 0 saturated heterocycles. The number of esters is 1. The molecule has 0 spiro atoms. The largest absolute Gasteiger partial charge is 0.458 e. The number of cyclic esters (lactones) is 1. The number of rotatable bonds is 5. The van der Waals surface area contributed by atoms with Crippen molar-refractivity contribution >= 4 is 22.8 Å². The Morgan fingerprint density at radius 2 is 2.05 bits per heavy atom. The summed E-state index contributed by atoms with van der Waals surface area (Å²) in [6.07, 6.45) is 1.11. The predicted octanol–water partition coefficient (Wildman–Crippen LogP) is 1.17. The van der Waals surface area contributed by atoms with Gasteiger partial charge in [0, 0.05) is 17.5 Å². The fraction of sp³-hybridized carbons (Fsp3) is 0.444. The van der Waals surface area contributed by atoms with Crippen LogP contribution in [0.1, 0.15) is 42.6 Å². The van der Waals surface area contributed by atoms with Crippen molar-refractivity contribution in [3.8, 4) is 0 Å². The molecular formula is C27H28N2O8. The number of para-hydroxylation sites is 1. The molecule has 0 aliphatic carbocycles. The first-order chi connectivity index (χ1) is 17.9. The van der Waals surface area contributed by atoms with E-state index in [0.29, 0.717) is 24.1 Å². The van der Waals surface area contributed by atoms with Gasteiger partial charge in [-0.25, -0.2) is 4.79 Å². The van der Waals surface area contributed by atoms with Gasteiger partial charge in [-0.15, -0.1) is 0 Å². The quantitative estimate of drug-likeness (QED) is 0.401. The monoisotopic (exact) mass is 508 g/mol. The van der Waals surface area contributed by atoms with E-state index >= 15 is 0 Å². The number of carbonyl (C=O) groups excluding carboxylic acids is 2. The van der Waals surface area contributed by atoms with E-state index in [1.54, 1.807) is 17.9 Å². The first-order valence-corrected chi connectivity index (χ1v) is 12.4. The van der Waals surface area contributed by atoms with Crippen LogP contribution in [0, 0.1) is 0 Å². The van der Waals surface area contributed by atoms with Gasteiger partial charge in [0.2, 0.25) is 0 Å². The molecular weight excluding hydrogens is 480 g/mol. The van der Waals surface area contributed by atoms with E-state index in [2.05, 4.69) is 0 Å². The van der Waals surface area contributed by atoms with E-state index in [-0.39, 0.29) is 32.1 Å². The number of hydrogen-bond donors (Lipinski definition) is 3. The maximum atomic E-state index is 13.6. The van der Waals surface area contributed by atoms with Crippen LogP contribution in [0.5, 0.6) is 0 Å². The van der Waals surface area contributed by atoms with E-state index in [4.69, 9.17) is 19.2 Å². The van der Waals surface area contributed by atoms with Crippen LogP contribution in [-0.2, 0) is 37.0 Å². The summed E-state index contributed by atoms with van der Waals surface area (Å²) >= 11 is 0. The predicted molar refractivity (Wildman–Crippen MR) is 129 cm³/mol. The first-order valence-electron chi connectivity index (χ1n) is 12.4. The van der Waals surface area contributed by atoms with Crippen molar-refractivity contribution in [3.63, 3.8) is 0 Å². The summed E-state index contributed by atoms with van der Waals surface area (Å²) in [5.74, 6) is -0.988. The number of aliphatic hydroxyl groups is 3. The minimum absolute atomic E-state index is 0.111. The van der Waals surface area contributed by atoms with Crippen molar-refractivity contribution in [1.29, 1.82) is 0 Å². The van der Waals surface area contributed by atoms with Gasteiger partial charge in [-0.1, -0.05) is 31.2 Å². The van der Waals surface area contributed by atoms with Gasteiger partial charge in [-0.2, -0.15) is 0 Å². The van der Waals surface area contributed by atoms with E-state index < -0.39 is 36.1 Å². The molecule has 1 unspecified atom stereocenters. The molecule has 4 aliphatic rings. The molecule has 0 radical (unpaired) electrons. The third kappa shape index (κ3) is 3.71. The number of aliphatic hydroxyl groups excluding tert-OH is 2. The normalized spacial score (nSPS) is 30.9. The fourth-order valence-corrected chi connectivity index (χ4v) is 5.77. The second-order valence-corrected chi connectivity index (χ2v) is 9.78. The lowest BCUT2D eigenvalue weighted by Crippen LogP contribution is -2.51. The van der Waals surface area contributed by atoms with Crippen LogP contribution in [0.15, 0.2) is 47.6 Å². The lowest BCUT2D eigenvalue weighted by molar-refractivity contribution is -0.184. The summed E-state index contributed by atoms with van der Waals surface area (Å²) < 4.78 is 16.9. The highest BCUT2D eigenvalue weighted by Crippen LogP contribution is 2.48. The van der Waals surface area contributed by atoms with Crippen molar-refractivity contribution in [2.24, 2.45) is 0 Å². The zero-order valence-corrected chi connectivity index (χ0v) is 20.3. The Labute approximate surface area is 212 Å². The molecule has 1 amide bonds. The van der Waals surface area contributed by atoms with Crippen molar-refractivity contribution in [1.82, 2.24) is 9.88 Å². The number of pyridine rings is 1. The lowest BCUT2D eigenvalue weighted by atomic mass is 9.79. The summed E-state index contributed by atoms with van der Waals surface area (Å²) in [5.41, 5.74) is 2.13. The Morgan fingerprint density at radius 1 is 1.24 bits per heavy atom. The summed E-state index contributed by atoms with van der Waals surface area (Å²) in [5, 5.41) is 31.4. The van der Waals surface area contributed by atoms with Crippen molar-refractivity contribution in [2.45, 2.75) is 63.1 Å². The summed E-state index contributed by atoms with van der Waals surface area (Å²) in [7, 11) is 0. The Balaban J connectivity index is 1.37. The van der Waals surface area contributed by atoms with E-state index in [9.17, 15) is 24.9 Å². The lowest BCUT2D eigenvalue weighted by Gasteiger charge is -2.41. The number of fused-ring (bicyclic) bond motifs is 4. The topological polar surface area (TPSA) is 139 Å². The second kappa shape index (κ2) is 9.00. The van der Waals surface area contributed by atoms with Gasteiger partial charge >= 0.3 is 5.97 Å². The molecule has 3 N–H and O–H groups in total. The first kappa shape index (κ1) is 24.2. The highest BCUT2D eigenvalue weighted by molar-refractivity contribution is 6.01. The number of carbonyl (C=O) groups is 2. The molecule has 5 atom stereocenters. The highest BCUT2D eigenvalue weighted by atomic mass is 16.7. The zero-order chi connectivity index (χ0) is 25.9. The zero-order valence-electron chi connectivity index (χ0n) is 20.3. The van der Waals surface area contributed by atoms with Crippen LogP contribution >= 0.6 is 0 Å². The maximum Gasteiger partial charge on any atom is 0.342 e. The van der Waals surface area contributed by atoms with E-state index in [1.807, 2.05) is 24.3 Å². The van der Waals surface area contributed by atoms with Crippen molar-refractivity contribution in [2.75, 3.05) is 13.2 Å². The molecule has 194 valence electrons. The molecule has 10 nitrogen and oxygen atoms in total. The molecule has 2 aromatic rings. The van der Waals surface area contributed by atoms with Crippen LogP contribution in [0.4, 0.5) is 0 Å². The number of amides is 1. The minimum Gasteiger partial charge on any atom is -0.458 e. The summed E-state index contributed by atoms with van der Waals surface area (Å²) in [6.45, 7) is 1.66.